The van der Waals surface area contributed by atoms with Crippen molar-refractivity contribution in [1.29, 1.82) is 0 Å². The van der Waals surface area contributed by atoms with Crippen LogP contribution >= 0.6 is 22.7 Å². The molecule has 0 aliphatic carbocycles. The molecular formula is C11H15N3S2. The van der Waals surface area contributed by atoms with Crippen molar-refractivity contribution >= 4 is 22.7 Å². The number of nitrogens with one attached hydrogen (secondary N) is 1. The van der Waals surface area contributed by atoms with Gasteiger partial charge in [0.2, 0.25) is 0 Å². The monoisotopic (exact) mass is 253 g/mol. The predicted molar refractivity (Wildman–Crippen MR) is 69.0 cm³/mol. The average Bonchev–Trinajstić information content (AvgIpc) is 2.84. The molecule has 1 atom stereocenters. The molecular weight excluding hydrogens is 238 g/mol. The lowest BCUT2D eigenvalue weighted by atomic mass is 10.3. The fourth-order valence-corrected chi connectivity index (χ4v) is 2.91. The fourth-order valence-electron chi connectivity index (χ4n) is 1.38. The topological polar surface area (TPSA) is 37.8 Å². The van der Waals surface area contributed by atoms with Gasteiger partial charge in [0.05, 0.1) is 6.04 Å². The number of thiazole rings is 2. The normalized spacial score (nSPS) is 12.9. The Morgan fingerprint density at radius 1 is 1.44 bits per heavy atom. The lowest BCUT2D eigenvalue weighted by Gasteiger charge is -2.08. The zero-order chi connectivity index (χ0) is 11.5. The largest absolute Gasteiger partial charge is 0.302 e. The van der Waals surface area contributed by atoms with Gasteiger partial charge in [-0.3, -0.25) is 0 Å². The lowest BCUT2D eigenvalue weighted by molar-refractivity contribution is 0.570. The van der Waals surface area contributed by atoms with Crippen molar-refractivity contribution in [2.45, 2.75) is 33.4 Å². The number of hydrogen-bond acceptors (Lipinski definition) is 5. The first-order valence-electron chi connectivity index (χ1n) is 5.22. The molecule has 0 bridgehead atoms. The standard InChI is InChI=1S/C11H15N3S2/c1-7-6-15-10(14-7)5-12-9(3)11-13-4-8(2)16-11/h4,6,9,12H,5H2,1-3H3. The molecule has 0 saturated heterocycles. The van der Waals surface area contributed by atoms with Gasteiger partial charge >= 0.3 is 0 Å². The number of nitrogens with zero attached hydrogens (tertiary/aromatic N) is 2. The van der Waals surface area contributed by atoms with E-state index in [1.165, 1.54) is 4.88 Å². The van der Waals surface area contributed by atoms with Crippen LogP contribution in [0.1, 0.15) is 33.6 Å². The molecule has 2 aromatic rings. The van der Waals surface area contributed by atoms with Crippen LogP contribution in [0.2, 0.25) is 0 Å². The Morgan fingerprint density at radius 3 is 2.81 bits per heavy atom. The van der Waals surface area contributed by atoms with Crippen LogP contribution in [-0.4, -0.2) is 9.97 Å². The van der Waals surface area contributed by atoms with E-state index >= 15 is 0 Å². The molecule has 0 aliphatic rings. The fraction of sp³-hybridized carbons (Fsp3) is 0.455. The van der Waals surface area contributed by atoms with E-state index in [2.05, 4.69) is 34.5 Å². The Hall–Kier alpha value is -0.780. The summed E-state index contributed by atoms with van der Waals surface area (Å²) in [4.78, 5) is 10.1. The first-order chi connectivity index (χ1) is 7.65. The van der Waals surface area contributed by atoms with Crippen molar-refractivity contribution in [3.8, 4) is 0 Å². The molecule has 0 spiro atoms. The van der Waals surface area contributed by atoms with Gasteiger partial charge in [-0.1, -0.05) is 0 Å². The Labute approximate surface area is 104 Å². The molecule has 1 unspecified atom stereocenters. The van der Waals surface area contributed by atoms with E-state index in [4.69, 9.17) is 0 Å². The quantitative estimate of drug-likeness (QED) is 0.910. The lowest BCUT2D eigenvalue weighted by Crippen LogP contribution is -2.17. The molecule has 2 heterocycles. The smallest absolute Gasteiger partial charge is 0.109 e. The molecule has 86 valence electrons. The Bertz CT molecular complexity index is 461. The van der Waals surface area contributed by atoms with Gasteiger partial charge in [0.25, 0.3) is 0 Å². The molecule has 0 saturated carbocycles. The Kier molecular flexibility index (Phi) is 3.68. The zero-order valence-electron chi connectivity index (χ0n) is 9.65. The zero-order valence-corrected chi connectivity index (χ0v) is 11.3. The maximum absolute atomic E-state index is 4.42. The van der Waals surface area contributed by atoms with Crippen molar-refractivity contribution in [2.75, 3.05) is 0 Å². The summed E-state index contributed by atoms with van der Waals surface area (Å²) in [5.41, 5.74) is 1.10. The van der Waals surface area contributed by atoms with E-state index in [9.17, 15) is 0 Å². The van der Waals surface area contributed by atoms with Crippen LogP contribution < -0.4 is 5.32 Å². The first kappa shape index (κ1) is 11.7. The summed E-state index contributed by atoms with van der Waals surface area (Å²) in [6, 6.07) is 0.294. The molecule has 0 aromatic carbocycles. The second kappa shape index (κ2) is 5.03. The Morgan fingerprint density at radius 2 is 2.25 bits per heavy atom. The van der Waals surface area contributed by atoms with Crippen LogP contribution in [0, 0.1) is 13.8 Å². The van der Waals surface area contributed by atoms with Crippen molar-refractivity contribution in [3.63, 3.8) is 0 Å². The van der Waals surface area contributed by atoms with Gasteiger partial charge in [0.1, 0.15) is 10.0 Å². The summed E-state index contributed by atoms with van der Waals surface area (Å²) < 4.78 is 0. The van der Waals surface area contributed by atoms with Crippen molar-refractivity contribution in [2.24, 2.45) is 0 Å². The second-order valence-electron chi connectivity index (χ2n) is 3.79. The van der Waals surface area contributed by atoms with Gasteiger partial charge in [-0.05, 0) is 20.8 Å². The van der Waals surface area contributed by atoms with E-state index < -0.39 is 0 Å². The second-order valence-corrected chi connectivity index (χ2v) is 6.00. The highest BCUT2D eigenvalue weighted by Gasteiger charge is 2.09. The van der Waals surface area contributed by atoms with Crippen LogP contribution in [-0.2, 0) is 6.54 Å². The van der Waals surface area contributed by atoms with E-state index in [1.807, 2.05) is 13.1 Å². The summed E-state index contributed by atoms with van der Waals surface area (Å²) in [5.74, 6) is 0. The van der Waals surface area contributed by atoms with Crippen molar-refractivity contribution < 1.29 is 0 Å². The molecule has 0 amide bonds. The van der Waals surface area contributed by atoms with Gasteiger partial charge in [-0.15, -0.1) is 22.7 Å². The number of aromatic nitrogens is 2. The van der Waals surface area contributed by atoms with Crippen molar-refractivity contribution in [3.05, 3.63) is 32.2 Å². The minimum Gasteiger partial charge on any atom is -0.302 e. The van der Waals surface area contributed by atoms with E-state index in [1.54, 1.807) is 22.7 Å². The number of hydrogen-bond donors (Lipinski definition) is 1. The Balaban J connectivity index is 1.91. The number of aryl methyl sites for hydroxylation is 2. The van der Waals surface area contributed by atoms with Gasteiger partial charge in [-0.2, -0.15) is 0 Å². The van der Waals surface area contributed by atoms with E-state index in [0.29, 0.717) is 6.04 Å². The maximum Gasteiger partial charge on any atom is 0.109 e. The highest BCUT2D eigenvalue weighted by Crippen LogP contribution is 2.19. The van der Waals surface area contributed by atoms with E-state index in [0.717, 1.165) is 22.3 Å². The molecule has 2 aromatic heterocycles. The van der Waals surface area contributed by atoms with E-state index in [-0.39, 0.29) is 0 Å². The van der Waals surface area contributed by atoms with Crippen LogP contribution in [0.25, 0.3) is 0 Å². The summed E-state index contributed by atoms with van der Waals surface area (Å²) >= 11 is 3.45. The maximum atomic E-state index is 4.42. The summed E-state index contributed by atoms with van der Waals surface area (Å²) in [6.45, 7) is 7.06. The highest BCUT2D eigenvalue weighted by atomic mass is 32.1. The summed E-state index contributed by atoms with van der Waals surface area (Å²) in [6.07, 6.45) is 1.92. The first-order valence-corrected chi connectivity index (χ1v) is 6.91. The molecule has 0 fully saturated rings. The molecule has 2 rings (SSSR count). The minimum atomic E-state index is 0.294. The molecule has 16 heavy (non-hydrogen) atoms. The highest BCUT2D eigenvalue weighted by molar-refractivity contribution is 7.11. The number of rotatable bonds is 4. The van der Waals surface area contributed by atoms with Gasteiger partial charge in [0, 0.05) is 28.7 Å². The summed E-state index contributed by atoms with van der Waals surface area (Å²) in [7, 11) is 0. The predicted octanol–water partition coefficient (Wildman–Crippen LogP) is 3.07. The third kappa shape index (κ3) is 2.87. The van der Waals surface area contributed by atoms with Crippen LogP contribution in [0.15, 0.2) is 11.6 Å². The molecule has 1 N–H and O–H groups in total. The van der Waals surface area contributed by atoms with Crippen molar-refractivity contribution in [1.82, 2.24) is 15.3 Å². The molecule has 3 nitrogen and oxygen atoms in total. The van der Waals surface area contributed by atoms with Crippen LogP contribution in [0.5, 0.6) is 0 Å². The average molecular weight is 253 g/mol. The SMILES string of the molecule is Cc1csc(CNC(C)c2ncc(C)s2)n1. The minimum absolute atomic E-state index is 0.294. The third-order valence-electron chi connectivity index (χ3n) is 2.24. The molecule has 0 radical (unpaired) electrons. The summed E-state index contributed by atoms with van der Waals surface area (Å²) in [5, 5.41) is 7.80. The third-order valence-corrected chi connectivity index (χ3v) is 4.30. The molecule has 5 heteroatoms. The molecule has 0 aliphatic heterocycles. The van der Waals surface area contributed by atoms with Gasteiger partial charge in [-0.25, -0.2) is 9.97 Å². The van der Waals surface area contributed by atoms with Gasteiger partial charge in [0.15, 0.2) is 0 Å². The van der Waals surface area contributed by atoms with Gasteiger partial charge < -0.3 is 5.32 Å². The van der Waals surface area contributed by atoms with Crippen LogP contribution in [0.4, 0.5) is 0 Å². The van der Waals surface area contributed by atoms with Crippen LogP contribution in [0.3, 0.4) is 0 Å².